The first-order valence-corrected chi connectivity index (χ1v) is 9.54. The molecule has 2 heterocycles. The quantitative estimate of drug-likeness (QED) is 0.791. The fraction of sp³-hybridized carbons (Fsp3) is 0.368. The molecule has 1 aromatic carbocycles. The molecule has 2 N–H and O–H groups in total. The summed E-state index contributed by atoms with van der Waals surface area (Å²) in [5.74, 6) is -1.63. The normalized spacial score (nSPS) is 16.8. The van der Waals surface area contributed by atoms with Crippen molar-refractivity contribution in [3.8, 4) is 10.6 Å². The fourth-order valence-corrected chi connectivity index (χ4v) is 3.98. The van der Waals surface area contributed by atoms with Gasteiger partial charge in [0, 0.05) is 18.7 Å². The number of hydrogen-bond donors (Lipinski definition) is 1. The number of hydrogen-bond acceptors (Lipinski definition) is 6. The number of aryl methyl sites for hydroxylation is 1. The lowest BCUT2D eigenvalue weighted by Crippen LogP contribution is -2.45. The SMILES string of the molecule is Cc1nc(-c2ccccc2)sc1C(=O)OCC(=O)N1CCC[C@H](C(N)=O)C1. The molecule has 1 saturated heterocycles. The van der Waals surface area contributed by atoms with E-state index in [0.717, 1.165) is 10.6 Å². The third-order valence-electron chi connectivity index (χ3n) is 4.51. The van der Waals surface area contributed by atoms with Gasteiger partial charge in [-0.15, -0.1) is 11.3 Å². The Kier molecular flexibility index (Phi) is 5.85. The van der Waals surface area contributed by atoms with Gasteiger partial charge in [-0.3, -0.25) is 9.59 Å². The van der Waals surface area contributed by atoms with Crippen LogP contribution < -0.4 is 5.73 Å². The van der Waals surface area contributed by atoms with Gasteiger partial charge in [-0.05, 0) is 19.8 Å². The molecule has 1 fully saturated rings. The predicted octanol–water partition coefficient (Wildman–Crippen LogP) is 2.00. The molecular formula is C19H21N3O4S. The number of thiazole rings is 1. The Morgan fingerprint density at radius 1 is 1.30 bits per heavy atom. The molecule has 27 heavy (non-hydrogen) atoms. The molecular weight excluding hydrogens is 366 g/mol. The Morgan fingerprint density at radius 3 is 2.74 bits per heavy atom. The van der Waals surface area contributed by atoms with Crippen molar-refractivity contribution in [2.75, 3.05) is 19.7 Å². The summed E-state index contributed by atoms with van der Waals surface area (Å²) in [5.41, 5.74) is 6.82. The highest BCUT2D eigenvalue weighted by molar-refractivity contribution is 7.17. The zero-order valence-electron chi connectivity index (χ0n) is 15.0. The topological polar surface area (TPSA) is 103 Å². The molecule has 1 atom stereocenters. The highest BCUT2D eigenvalue weighted by Crippen LogP contribution is 2.28. The van der Waals surface area contributed by atoms with Gasteiger partial charge in [0.2, 0.25) is 5.91 Å². The van der Waals surface area contributed by atoms with E-state index in [1.54, 1.807) is 6.92 Å². The molecule has 0 aliphatic carbocycles. The number of rotatable bonds is 5. The number of nitrogens with two attached hydrogens (primary N) is 1. The van der Waals surface area contributed by atoms with E-state index < -0.39 is 11.9 Å². The maximum atomic E-state index is 12.4. The number of carbonyl (C=O) groups excluding carboxylic acids is 3. The number of primary amides is 1. The number of carbonyl (C=O) groups is 3. The van der Waals surface area contributed by atoms with Crippen LogP contribution in [-0.4, -0.2) is 47.4 Å². The van der Waals surface area contributed by atoms with Gasteiger partial charge in [-0.25, -0.2) is 9.78 Å². The summed E-state index contributed by atoms with van der Waals surface area (Å²) in [5, 5.41) is 0.728. The van der Waals surface area contributed by atoms with Crippen molar-refractivity contribution in [3.05, 3.63) is 40.9 Å². The summed E-state index contributed by atoms with van der Waals surface area (Å²) in [6.07, 6.45) is 1.39. The number of amides is 2. The number of benzene rings is 1. The van der Waals surface area contributed by atoms with E-state index in [0.29, 0.717) is 30.0 Å². The molecule has 7 nitrogen and oxygen atoms in total. The Balaban J connectivity index is 1.60. The largest absolute Gasteiger partial charge is 0.451 e. The summed E-state index contributed by atoms with van der Waals surface area (Å²) in [6.45, 7) is 2.20. The first-order chi connectivity index (χ1) is 13.0. The van der Waals surface area contributed by atoms with E-state index in [-0.39, 0.29) is 25.0 Å². The van der Waals surface area contributed by atoms with Crippen LogP contribution in [0.3, 0.4) is 0 Å². The van der Waals surface area contributed by atoms with Crippen LogP contribution in [0.2, 0.25) is 0 Å². The third-order valence-corrected chi connectivity index (χ3v) is 5.69. The number of aromatic nitrogens is 1. The second-order valence-corrected chi connectivity index (χ2v) is 7.46. The van der Waals surface area contributed by atoms with Gasteiger partial charge in [-0.1, -0.05) is 30.3 Å². The van der Waals surface area contributed by atoms with E-state index in [9.17, 15) is 14.4 Å². The summed E-state index contributed by atoms with van der Waals surface area (Å²) >= 11 is 1.24. The van der Waals surface area contributed by atoms with Crippen LogP contribution in [0.5, 0.6) is 0 Å². The molecule has 8 heteroatoms. The van der Waals surface area contributed by atoms with Crippen LogP contribution in [0, 0.1) is 12.8 Å². The van der Waals surface area contributed by atoms with Crippen LogP contribution in [0.25, 0.3) is 10.6 Å². The van der Waals surface area contributed by atoms with Gasteiger partial charge in [0.1, 0.15) is 9.88 Å². The van der Waals surface area contributed by atoms with Crippen molar-refractivity contribution in [2.24, 2.45) is 11.7 Å². The first kappa shape index (κ1) is 19.0. The highest BCUT2D eigenvalue weighted by Gasteiger charge is 2.28. The van der Waals surface area contributed by atoms with Crippen molar-refractivity contribution in [1.29, 1.82) is 0 Å². The smallest absolute Gasteiger partial charge is 0.350 e. The molecule has 0 radical (unpaired) electrons. The second kappa shape index (κ2) is 8.30. The minimum absolute atomic E-state index is 0.281. The first-order valence-electron chi connectivity index (χ1n) is 8.72. The number of piperidine rings is 1. The second-order valence-electron chi connectivity index (χ2n) is 6.46. The third kappa shape index (κ3) is 4.51. The minimum Gasteiger partial charge on any atom is -0.451 e. The van der Waals surface area contributed by atoms with E-state index in [1.807, 2.05) is 30.3 Å². The van der Waals surface area contributed by atoms with Gasteiger partial charge >= 0.3 is 5.97 Å². The maximum absolute atomic E-state index is 12.4. The Labute approximate surface area is 161 Å². The van der Waals surface area contributed by atoms with E-state index >= 15 is 0 Å². The van der Waals surface area contributed by atoms with Crippen molar-refractivity contribution < 1.29 is 19.1 Å². The highest BCUT2D eigenvalue weighted by atomic mass is 32.1. The molecule has 0 saturated carbocycles. The minimum atomic E-state index is -0.566. The van der Waals surface area contributed by atoms with Gasteiger partial charge in [0.15, 0.2) is 6.61 Å². The molecule has 1 aliphatic heterocycles. The molecule has 1 aliphatic rings. The lowest BCUT2D eigenvalue weighted by atomic mass is 9.97. The molecule has 2 amide bonds. The van der Waals surface area contributed by atoms with E-state index in [4.69, 9.17) is 10.5 Å². The molecule has 3 rings (SSSR count). The number of esters is 1. The number of likely N-dealkylation sites (tertiary alicyclic amines) is 1. The lowest BCUT2D eigenvalue weighted by Gasteiger charge is -2.30. The lowest BCUT2D eigenvalue weighted by molar-refractivity contribution is -0.137. The standard InChI is InChI=1S/C19H21N3O4S/c1-12-16(27-18(21-12)13-6-3-2-4-7-13)19(25)26-11-15(23)22-9-5-8-14(10-22)17(20)24/h2-4,6-7,14H,5,8-11H2,1H3,(H2,20,24)/t14-/m0/s1. The van der Waals surface area contributed by atoms with Crippen LogP contribution in [-0.2, 0) is 14.3 Å². The molecule has 142 valence electrons. The maximum Gasteiger partial charge on any atom is 0.350 e. The van der Waals surface area contributed by atoms with E-state index in [1.165, 1.54) is 16.2 Å². The summed E-state index contributed by atoms with van der Waals surface area (Å²) in [4.78, 5) is 42.3. The van der Waals surface area contributed by atoms with Crippen LogP contribution in [0.4, 0.5) is 0 Å². The Hall–Kier alpha value is -2.74. The number of ether oxygens (including phenoxy) is 1. The Morgan fingerprint density at radius 2 is 2.04 bits per heavy atom. The van der Waals surface area contributed by atoms with Crippen LogP contribution in [0.1, 0.15) is 28.2 Å². The molecule has 0 bridgehead atoms. The van der Waals surface area contributed by atoms with Crippen molar-refractivity contribution in [2.45, 2.75) is 19.8 Å². The summed E-state index contributed by atoms with van der Waals surface area (Å²) in [6, 6.07) is 9.56. The van der Waals surface area contributed by atoms with Crippen LogP contribution >= 0.6 is 11.3 Å². The molecule has 0 spiro atoms. The molecule has 0 unspecified atom stereocenters. The molecule has 2 aromatic rings. The summed E-state index contributed by atoms with van der Waals surface area (Å²) < 4.78 is 5.19. The van der Waals surface area contributed by atoms with Gasteiger partial charge < -0.3 is 15.4 Å². The molecule has 1 aromatic heterocycles. The van der Waals surface area contributed by atoms with Gasteiger partial charge in [0.05, 0.1) is 11.6 Å². The summed E-state index contributed by atoms with van der Waals surface area (Å²) in [7, 11) is 0. The van der Waals surface area contributed by atoms with Crippen molar-refractivity contribution in [3.63, 3.8) is 0 Å². The zero-order chi connectivity index (χ0) is 19.4. The average molecular weight is 387 g/mol. The monoisotopic (exact) mass is 387 g/mol. The average Bonchev–Trinajstić information content (AvgIpc) is 3.08. The fourth-order valence-electron chi connectivity index (χ4n) is 3.01. The van der Waals surface area contributed by atoms with Crippen molar-refractivity contribution in [1.82, 2.24) is 9.88 Å². The van der Waals surface area contributed by atoms with Gasteiger partial charge in [-0.2, -0.15) is 0 Å². The Bertz CT molecular complexity index is 850. The predicted molar refractivity (Wildman–Crippen MR) is 101 cm³/mol. The van der Waals surface area contributed by atoms with Gasteiger partial charge in [0.25, 0.3) is 5.91 Å². The number of nitrogens with zero attached hydrogens (tertiary/aromatic N) is 2. The zero-order valence-corrected chi connectivity index (χ0v) is 15.8. The van der Waals surface area contributed by atoms with Crippen LogP contribution in [0.15, 0.2) is 30.3 Å². The van der Waals surface area contributed by atoms with E-state index in [2.05, 4.69) is 4.98 Å². The van der Waals surface area contributed by atoms with Crippen molar-refractivity contribution >= 4 is 29.1 Å².